The molecule has 0 aliphatic rings. The Bertz CT molecular complexity index is 1400. The monoisotopic (exact) mass is 1140 g/mol. The summed E-state index contributed by atoms with van der Waals surface area (Å²) in [4.78, 5) is 38.5. The number of hydrogen-bond donors (Lipinski definition) is 0. The van der Waals surface area contributed by atoms with Crippen LogP contribution in [0.4, 0.5) is 0 Å². The number of hydrogen-bond acceptors (Lipinski definition) is 6. The third-order valence-electron chi connectivity index (χ3n) is 16.3. The van der Waals surface area contributed by atoms with Crippen LogP contribution < -0.4 is 0 Å². The first-order valence-electron chi connectivity index (χ1n) is 36.1. The molecule has 0 N–H and O–H groups in total. The van der Waals surface area contributed by atoms with Crippen molar-refractivity contribution in [1.82, 2.24) is 0 Å². The van der Waals surface area contributed by atoms with Crippen LogP contribution in [0.25, 0.3) is 0 Å². The summed E-state index contributed by atoms with van der Waals surface area (Å²) in [5, 5.41) is 0. The van der Waals surface area contributed by atoms with E-state index in [4.69, 9.17) is 14.2 Å². The molecule has 0 rings (SSSR count). The van der Waals surface area contributed by atoms with Crippen molar-refractivity contribution in [3.8, 4) is 0 Å². The second kappa shape index (κ2) is 69.9. The number of ether oxygens (including phenoxy) is 3. The van der Waals surface area contributed by atoms with Gasteiger partial charge in [-0.1, -0.05) is 320 Å². The Labute approximate surface area is 505 Å². The van der Waals surface area contributed by atoms with Gasteiger partial charge in [0.2, 0.25) is 0 Å². The number of unbranched alkanes of at least 4 members (excludes halogenated alkanes) is 48. The zero-order valence-electron chi connectivity index (χ0n) is 54.6. The van der Waals surface area contributed by atoms with Crippen LogP contribution in [0, 0.1) is 0 Å². The molecule has 0 spiro atoms. The third kappa shape index (κ3) is 68.0. The molecule has 1 atom stereocenters. The second-order valence-corrected chi connectivity index (χ2v) is 24.5. The first-order valence-corrected chi connectivity index (χ1v) is 36.1. The lowest BCUT2D eigenvalue weighted by Gasteiger charge is -2.18. The molecule has 0 bridgehead atoms. The molecule has 0 radical (unpaired) electrons. The summed E-state index contributed by atoms with van der Waals surface area (Å²) >= 11 is 0. The Morgan fingerprint density at radius 2 is 0.444 bits per heavy atom. The maximum atomic E-state index is 13.0. The van der Waals surface area contributed by atoms with E-state index < -0.39 is 6.10 Å². The summed E-state index contributed by atoms with van der Waals surface area (Å²) < 4.78 is 17.0. The zero-order chi connectivity index (χ0) is 58.5. The Morgan fingerprint density at radius 3 is 0.691 bits per heavy atom. The molecule has 1 unspecified atom stereocenters. The van der Waals surface area contributed by atoms with E-state index in [9.17, 15) is 14.4 Å². The molecule has 0 aliphatic carbocycles. The smallest absolute Gasteiger partial charge is 0.306 e. The molecule has 6 heteroatoms. The van der Waals surface area contributed by atoms with Crippen LogP contribution in [0.1, 0.15) is 393 Å². The van der Waals surface area contributed by atoms with Gasteiger partial charge >= 0.3 is 17.9 Å². The summed E-state index contributed by atoms with van der Waals surface area (Å²) in [6.07, 6.45) is 88.5. The van der Waals surface area contributed by atoms with Gasteiger partial charge in [-0.15, -0.1) is 0 Å². The fourth-order valence-corrected chi connectivity index (χ4v) is 10.8. The highest BCUT2D eigenvalue weighted by atomic mass is 16.6. The summed E-state index contributed by atoms with van der Waals surface area (Å²) in [5.74, 6) is -0.853. The van der Waals surface area contributed by atoms with Crippen molar-refractivity contribution in [2.24, 2.45) is 0 Å². The highest BCUT2D eigenvalue weighted by Crippen LogP contribution is 2.18. The number of rotatable bonds is 67. The van der Waals surface area contributed by atoms with Crippen LogP contribution in [-0.2, 0) is 28.6 Å². The summed E-state index contributed by atoms with van der Waals surface area (Å²) in [6.45, 7) is 6.69. The van der Waals surface area contributed by atoms with Crippen LogP contribution in [0.15, 0.2) is 48.6 Å². The van der Waals surface area contributed by atoms with Crippen molar-refractivity contribution in [2.75, 3.05) is 13.2 Å². The topological polar surface area (TPSA) is 78.9 Å². The van der Waals surface area contributed by atoms with E-state index in [1.54, 1.807) is 0 Å². The van der Waals surface area contributed by atoms with Crippen molar-refractivity contribution in [2.45, 2.75) is 399 Å². The molecule has 0 saturated heterocycles. The average molecular weight is 1140 g/mol. The maximum Gasteiger partial charge on any atom is 0.306 e. The van der Waals surface area contributed by atoms with Gasteiger partial charge in [-0.25, -0.2) is 0 Å². The van der Waals surface area contributed by atoms with Gasteiger partial charge in [-0.3, -0.25) is 14.4 Å². The van der Waals surface area contributed by atoms with Gasteiger partial charge in [0.15, 0.2) is 6.10 Å². The largest absolute Gasteiger partial charge is 0.462 e. The molecule has 0 fully saturated rings. The predicted octanol–water partition coefficient (Wildman–Crippen LogP) is 24.9. The number of allylic oxidation sites excluding steroid dienone is 8. The Hall–Kier alpha value is -2.63. The van der Waals surface area contributed by atoms with Crippen LogP contribution in [0.3, 0.4) is 0 Å². The molecule has 0 aromatic carbocycles. The number of carbonyl (C=O) groups is 3. The molecule has 0 saturated carbocycles. The molecule has 0 heterocycles. The quantitative estimate of drug-likeness (QED) is 0.0261. The lowest BCUT2D eigenvalue weighted by Crippen LogP contribution is -2.30. The third-order valence-corrected chi connectivity index (χ3v) is 16.3. The highest BCUT2D eigenvalue weighted by molar-refractivity contribution is 5.71. The molecule has 474 valence electrons. The molecular weight excluding hydrogens is 997 g/mol. The van der Waals surface area contributed by atoms with E-state index in [0.29, 0.717) is 19.3 Å². The molecule has 0 aromatic rings. The van der Waals surface area contributed by atoms with Crippen LogP contribution in [0.2, 0.25) is 0 Å². The first-order chi connectivity index (χ1) is 40.0. The van der Waals surface area contributed by atoms with Crippen LogP contribution in [-0.4, -0.2) is 37.2 Å². The van der Waals surface area contributed by atoms with Gasteiger partial charge in [-0.2, -0.15) is 0 Å². The van der Waals surface area contributed by atoms with Gasteiger partial charge in [0.1, 0.15) is 13.2 Å². The summed E-state index contributed by atoms with van der Waals surface area (Å²) in [5.41, 5.74) is 0. The molecule has 0 aromatic heterocycles. The van der Waals surface area contributed by atoms with Gasteiger partial charge in [0.05, 0.1) is 0 Å². The van der Waals surface area contributed by atoms with Gasteiger partial charge in [-0.05, 0) is 103 Å². The van der Waals surface area contributed by atoms with Gasteiger partial charge < -0.3 is 14.2 Å². The normalized spacial score (nSPS) is 12.3. The minimum Gasteiger partial charge on any atom is -0.462 e. The van der Waals surface area contributed by atoms with E-state index in [1.807, 2.05) is 0 Å². The average Bonchev–Trinajstić information content (AvgIpc) is 3.47. The van der Waals surface area contributed by atoms with Crippen LogP contribution >= 0.6 is 0 Å². The Kier molecular flexibility index (Phi) is 67.6. The van der Waals surface area contributed by atoms with Crippen molar-refractivity contribution in [1.29, 1.82) is 0 Å². The maximum absolute atomic E-state index is 13.0. The molecule has 0 amide bonds. The van der Waals surface area contributed by atoms with Crippen LogP contribution in [0.5, 0.6) is 0 Å². The SMILES string of the molecule is CCCCCCC/C=C\C/C=C\CCCCCCCCCCCC(=O)OC(COC(=O)CCCCCCCCCCC/C=C\CCCCCCCC)COC(=O)CCCCCCCCCCCCC/C=C\CCCCCCCCCC. The van der Waals surface area contributed by atoms with Gasteiger partial charge in [0, 0.05) is 19.3 Å². The fraction of sp³-hybridized carbons (Fsp3) is 0.853. The van der Waals surface area contributed by atoms with Crippen molar-refractivity contribution >= 4 is 17.9 Å². The Morgan fingerprint density at radius 1 is 0.247 bits per heavy atom. The van der Waals surface area contributed by atoms with Crippen molar-refractivity contribution in [3.63, 3.8) is 0 Å². The van der Waals surface area contributed by atoms with Crippen molar-refractivity contribution in [3.05, 3.63) is 48.6 Å². The van der Waals surface area contributed by atoms with Crippen molar-refractivity contribution < 1.29 is 28.6 Å². The van der Waals surface area contributed by atoms with E-state index in [-0.39, 0.29) is 31.1 Å². The summed E-state index contributed by atoms with van der Waals surface area (Å²) in [7, 11) is 0. The summed E-state index contributed by atoms with van der Waals surface area (Å²) in [6, 6.07) is 0. The highest BCUT2D eigenvalue weighted by Gasteiger charge is 2.19. The van der Waals surface area contributed by atoms with E-state index in [0.717, 1.165) is 64.2 Å². The number of esters is 3. The van der Waals surface area contributed by atoms with E-state index >= 15 is 0 Å². The minimum absolute atomic E-state index is 0.0726. The van der Waals surface area contributed by atoms with E-state index in [1.165, 1.54) is 289 Å². The minimum atomic E-state index is -0.778. The second-order valence-electron chi connectivity index (χ2n) is 24.5. The fourth-order valence-electron chi connectivity index (χ4n) is 10.8. The number of carbonyl (C=O) groups excluding carboxylic acids is 3. The van der Waals surface area contributed by atoms with E-state index in [2.05, 4.69) is 69.4 Å². The molecule has 6 nitrogen and oxygen atoms in total. The molecule has 81 heavy (non-hydrogen) atoms. The van der Waals surface area contributed by atoms with Gasteiger partial charge in [0.25, 0.3) is 0 Å². The lowest BCUT2D eigenvalue weighted by atomic mass is 10.0. The standard InChI is InChI=1S/C75H138O6/c1-4-7-10-13-16-19-22-25-28-31-34-36-37-39-41-44-47-50-53-56-59-62-65-68-74(77)80-71-72(70-79-73(76)67-64-61-58-55-52-49-46-43-40-33-30-27-24-21-18-15-12-9-6-3)81-75(78)69-66-63-60-57-54-51-48-45-42-38-35-32-29-26-23-20-17-14-11-8-5-2/h23,26-27,30-32,34-35,72H,4-22,24-25,28-29,33,36-71H2,1-3H3/b26-23-,30-27-,34-31-,35-32-. The predicted molar refractivity (Wildman–Crippen MR) is 353 cm³/mol. The molecule has 0 aliphatic heterocycles. The lowest BCUT2D eigenvalue weighted by molar-refractivity contribution is -0.167. The first kappa shape index (κ1) is 78.4. The Balaban J connectivity index is 4.34. The molecular formula is C75H138O6. The zero-order valence-corrected chi connectivity index (χ0v) is 54.6.